The first-order chi connectivity index (χ1) is 13.0. The molecule has 0 bridgehead atoms. The number of amides is 3. The number of hydrogen-bond donors (Lipinski definition) is 1. The molecule has 1 aliphatic carbocycles. The van der Waals surface area contributed by atoms with Crippen molar-refractivity contribution in [1.82, 2.24) is 19.6 Å². The number of nitrogens with zero attached hydrogens (tertiary/aromatic N) is 4. The van der Waals surface area contributed by atoms with Crippen molar-refractivity contribution < 1.29 is 9.59 Å². The number of carbonyl (C=O) groups excluding carboxylic acids is 2. The van der Waals surface area contributed by atoms with Gasteiger partial charge in [-0.05, 0) is 47.1 Å². The lowest BCUT2D eigenvalue weighted by molar-refractivity contribution is -0.130. The maximum atomic E-state index is 12.5. The molecule has 144 valence electrons. The quantitative estimate of drug-likeness (QED) is 0.877. The summed E-state index contributed by atoms with van der Waals surface area (Å²) in [5.74, 6) is 0.836. The van der Waals surface area contributed by atoms with Crippen LogP contribution < -0.4 is 5.32 Å². The second-order valence-corrected chi connectivity index (χ2v) is 8.40. The van der Waals surface area contributed by atoms with Gasteiger partial charge < -0.3 is 9.80 Å². The molecule has 2 fully saturated rings. The Labute approximate surface area is 162 Å². The van der Waals surface area contributed by atoms with Gasteiger partial charge in [-0.15, -0.1) is 0 Å². The van der Waals surface area contributed by atoms with Crippen LogP contribution in [0.15, 0.2) is 29.1 Å². The first-order valence-electron chi connectivity index (χ1n) is 9.31. The molecule has 1 atom stereocenters. The van der Waals surface area contributed by atoms with Crippen molar-refractivity contribution in [3.63, 3.8) is 0 Å². The number of anilines is 1. The van der Waals surface area contributed by atoms with Crippen molar-refractivity contribution in [3.8, 4) is 0 Å². The molecule has 3 amide bonds. The minimum Gasteiger partial charge on any atom is -0.335 e. The normalized spacial score (nSPS) is 20.5. The zero-order valence-corrected chi connectivity index (χ0v) is 16.5. The molecule has 1 saturated carbocycles. The number of hydrogen-bond acceptors (Lipinski definition) is 4. The fourth-order valence-electron chi connectivity index (χ4n) is 4.16. The highest BCUT2D eigenvalue weighted by Gasteiger charge is 2.58. The van der Waals surface area contributed by atoms with Crippen molar-refractivity contribution in [2.45, 2.75) is 38.8 Å². The largest absolute Gasteiger partial charge is 0.335 e. The predicted octanol–water partition coefficient (Wildman–Crippen LogP) is 2.92. The van der Waals surface area contributed by atoms with Gasteiger partial charge in [0, 0.05) is 45.7 Å². The topological polar surface area (TPSA) is 70.5 Å². The SMILES string of the molecule is CC(=O)N(Cc1ccsc1)[C@@H]1CC12CCN(C(=O)Nc1ccnn1C)CC2. The number of urea groups is 1. The maximum absolute atomic E-state index is 12.5. The molecular weight excluding hydrogens is 362 g/mol. The van der Waals surface area contributed by atoms with Gasteiger partial charge in [0.25, 0.3) is 0 Å². The Morgan fingerprint density at radius 2 is 2.15 bits per heavy atom. The van der Waals surface area contributed by atoms with Gasteiger partial charge in [-0.2, -0.15) is 16.4 Å². The summed E-state index contributed by atoms with van der Waals surface area (Å²) in [6, 6.07) is 4.10. The summed E-state index contributed by atoms with van der Waals surface area (Å²) in [6.45, 7) is 3.81. The van der Waals surface area contributed by atoms with Crippen LogP contribution in [0.5, 0.6) is 0 Å². The van der Waals surface area contributed by atoms with Gasteiger partial charge in [-0.1, -0.05) is 0 Å². The van der Waals surface area contributed by atoms with E-state index in [4.69, 9.17) is 0 Å². The summed E-state index contributed by atoms with van der Waals surface area (Å²) in [5, 5.41) is 11.1. The standard InChI is InChI=1S/C19H25N5O2S/c1-14(25)24(12-15-4-10-27-13-15)16-11-19(16)5-8-23(9-6-19)18(26)21-17-3-7-20-22(17)2/h3-4,7,10,13,16H,5-6,8-9,11-12H2,1-2H3,(H,21,26)/t16-/m1/s1. The van der Waals surface area contributed by atoms with E-state index < -0.39 is 0 Å². The first kappa shape index (κ1) is 18.0. The molecule has 1 N–H and O–H groups in total. The van der Waals surface area contributed by atoms with Crippen molar-refractivity contribution in [2.75, 3.05) is 18.4 Å². The van der Waals surface area contributed by atoms with Crippen LogP contribution in [0.4, 0.5) is 10.6 Å². The Kier molecular flexibility index (Phi) is 4.67. The third kappa shape index (κ3) is 3.58. The smallest absolute Gasteiger partial charge is 0.322 e. The lowest BCUT2D eigenvalue weighted by Crippen LogP contribution is -2.44. The molecule has 8 heteroatoms. The monoisotopic (exact) mass is 387 g/mol. The third-order valence-electron chi connectivity index (χ3n) is 5.96. The van der Waals surface area contributed by atoms with Gasteiger partial charge in [0.1, 0.15) is 5.82 Å². The molecule has 7 nitrogen and oxygen atoms in total. The van der Waals surface area contributed by atoms with Gasteiger partial charge in [-0.25, -0.2) is 4.79 Å². The zero-order chi connectivity index (χ0) is 19.0. The molecule has 0 radical (unpaired) electrons. The lowest BCUT2D eigenvalue weighted by atomic mass is 9.92. The van der Waals surface area contributed by atoms with E-state index in [0.29, 0.717) is 18.4 Å². The number of likely N-dealkylation sites (tertiary alicyclic amines) is 1. The second kappa shape index (κ2) is 6.99. The van der Waals surface area contributed by atoms with Crippen LogP contribution in [0.3, 0.4) is 0 Å². The summed E-state index contributed by atoms with van der Waals surface area (Å²) >= 11 is 1.66. The van der Waals surface area contributed by atoms with Gasteiger partial charge in [0.15, 0.2) is 0 Å². The van der Waals surface area contributed by atoms with E-state index in [1.165, 1.54) is 5.56 Å². The maximum Gasteiger partial charge on any atom is 0.322 e. The molecule has 1 spiro atoms. The van der Waals surface area contributed by atoms with E-state index in [0.717, 1.165) is 32.4 Å². The number of carbonyl (C=O) groups is 2. The number of rotatable bonds is 4. The zero-order valence-electron chi connectivity index (χ0n) is 15.7. The van der Waals surface area contributed by atoms with E-state index >= 15 is 0 Å². The van der Waals surface area contributed by atoms with Crippen LogP contribution in [0.25, 0.3) is 0 Å². The molecule has 4 rings (SSSR count). The number of piperidine rings is 1. The highest BCUT2D eigenvalue weighted by Crippen LogP contribution is 2.57. The highest BCUT2D eigenvalue weighted by molar-refractivity contribution is 7.07. The first-order valence-corrected chi connectivity index (χ1v) is 10.2. The molecule has 0 aromatic carbocycles. The Bertz CT molecular complexity index is 823. The van der Waals surface area contributed by atoms with E-state index in [1.54, 1.807) is 42.3 Å². The van der Waals surface area contributed by atoms with Crippen molar-refractivity contribution >= 4 is 29.1 Å². The second-order valence-electron chi connectivity index (χ2n) is 7.62. The molecule has 1 saturated heterocycles. The van der Waals surface area contributed by atoms with E-state index in [2.05, 4.69) is 27.2 Å². The number of nitrogens with one attached hydrogen (secondary N) is 1. The minimum atomic E-state index is -0.0765. The molecule has 2 aromatic heterocycles. The fourth-order valence-corrected chi connectivity index (χ4v) is 4.82. The van der Waals surface area contributed by atoms with E-state index in [1.807, 2.05) is 9.80 Å². The summed E-state index contributed by atoms with van der Waals surface area (Å²) in [7, 11) is 1.80. The van der Waals surface area contributed by atoms with Crippen LogP contribution in [0, 0.1) is 5.41 Å². The molecule has 3 heterocycles. The summed E-state index contributed by atoms with van der Waals surface area (Å²) < 4.78 is 1.65. The van der Waals surface area contributed by atoms with Gasteiger partial charge in [0.2, 0.25) is 5.91 Å². The third-order valence-corrected chi connectivity index (χ3v) is 6.69. The van der Waals surface area contributed by atoms with E-state index in [-0.39, 0.29) is 17.4 Å². The summed E-state index contributed by atoms with van der Waals surface area (Å²) in [5.41, 5.74) is 1.38. The lowest BCUT2D eigenvalue weighted by Gasteiger charge is -2.34. The van der Waals surface area contributed by atoms with Gasteiger partial charge >= 0.3 is 6.03 Å². The Morgan fingerprint density at radius 3 is 2.74 bits per heavy atom. The Morgan fingerprint density at radius 1 is 1.37 bits per heavy atom. The number of aryl methyl sites for hydroxylation is 1. The average molecular weight is 388 g/mol. The summed E-state index contributed by atoms with van der Waals surface area (Å²) in [4.78, 5) is 28.6. The predicted molar refractivity (Wildman–Crippen MR) is 104 cm³/mol. The van der Waals surface area contributed by atoms with Crippen LogP contribution >= 0.6 is 11.3 Å². The van der Waals surface area contributed by atoms with Gasteiger partial charge in [0.05, 0.1) is 6.20 Å². The highest BCUT2D eigenvalue weighted by atomic mass is 32.1. The van der Waals surface area contributed by atoms with Crippen LogP contribution in [0.2, 0.25) is 0 Å². The summed E-state index contributed by atoms with van der Waals surface area (Å²) in [6.07, 6.45) is 4.61. The molecule has 1 aliphatic heterocycles. The molecule has 2 aliphatic rings. The Hall–Kier alpha value is -2.35. The van der Waals surface area contributed by atoms with Gasteiger partial charge in [-0.3, -0.25) is 14.8 Å². The van der Waals surface area contributed by atoms with E-state index in [9.17, 15) is 9.59 Å². The molecule has 27 heavy (non-hydrogen) atoms. The van der Waals surface area contributed by atoms with Crippen LogP contribution in [-0.4, -0.2) is 50.6 Å². The molecule has 0 unspecified atom stereocenters. The average Bonchev–Trinajstić information content (AvgIpc) is 3.00. The number of aromatic nitrogens is 2. The van der Waals surface area contributed by atoms with Crippen molar-refractivity contribution in [3.05, 3.63) is 34.7 Å². The van der Waals surface area contributed by atoms with Crippen LogP contribution in [-0.2, 0) is 18.4 Å². The minimum absolute atomic E-state index is 0.0765. The van der Waals surface area contributed by atoms with Crippen LogP contribution in [0.1, 0.15) is 31.7 Å². The number of thiophene rings is 1. The van der Waals surface area contributed by atoms with Crippen molar-refractivity contribution in [1.29, 1.82) is 0 Å². The molecule has 2 aromatic rings. The molecular formula is C19H25N5O2S. The van der Waals surface area contributed by atoms with Crippen molar-refractivity contribution in [2.24, 2.45) is 12.5 Å². The Balaban J connectivity index is 1.34. The fraction of sp³-hybridized carbons (Fsp3) is 0.526.